The van der Waals surface area contributed by atoms with Gasteiger partial charge in [0.05, 0.1) is 11.0 Å². The van der Waals surface area contributed by atoms with Crippen LogP contribution in [0, 0.1) is 0 Å². The Morgan fingerprint density at radius 1 is 0.810 bits per heavy atom. The second-order valence-corrected chi connectivity index (χ2v) is 5.12. The summed E-state index contributed by atoms with van der Waals surface area (Å²) in [5, 5.41) is 2.18. The maximum absolute atomic E-state index is 8.52. The molecular formula is C13H11N3O4S-2. The zero-order valence-electron chi connectivity index (χ0n) is 10.7. The predicted octanol–water partition coefficient (Wildman–Crippen LogP) is 1.21. The molecule has 0 amide bonds. The van der Waals surface area contributed by atoms with Gasteiger partial charge < -0.3 is 20.6 Å². The molecule has 0 spiro atoms. The van der Waals surface area contributed by atoms with Gasteiger partial charge in [-0.15, -0.1) is 0 Å². The van der Waals surface area contributed by atoms with Gasteiger partial charge in [-0.25, -0.2) is 4.98 Å². The van der Waals surface area contributed by atoms with Crippen molar-refractivity contribution in [3.63, 3.8) is 0 Å². The second kappa shape index (κ2) is 5.52. The molecule has 21 heavy (non-hydrogen) atoms. The summed E-state index contributed by atoms with van der Waals surface area (Å²) < 4.78 is 34.1. The Bertz CT molecular complexity index is 845. The first kappa shape index (κ1) is 15.0. The Kier molecular flexibility index (Phi) is 3.94. The van der Waals surface area contributed by atoms with Crippen molar-refractivity contribution < 1.29 is 17.5 Å². The highest BCUT2D eigenvalue weighted by atomic mass is 32.3. The smallest absolute Gasteiger partial charge is 0.0730 e. The summed E-state index contributed by atoms with van der Waals surface area (Å²) >= 11 is 0. The van der Waals surface area contributed by atoms with Gasteiger partial charge in [0, 0.05) is 32.5 Å². The third kappa shape index (κ3) is 4.28. The number of aromatic nitrogens is 1. The number of rotatable bonds is 0. The molecule has 0 atom stereocenters. The molecule has 0 unspecified atom stereocenters. The van der Waals surface area contributed by atoms with Gasteiger partial charge in [0.25, 0.3) is 0 Å². The van der Waals surface area contributed by atoms with E-state index in [1.54, 1.807) is 0 Å². The molecule has 0 aliphatic carbocycles. The predicted molar refractivity (Wildman–Crippen MR) is 78.5 cm³/mol. The van der Waals surface area contributed by atoms with Crippen molar-refractivity contribution in [3.05, 3.63) is 42.5 Å². The quantitative estimate of drug-likeness (QED) is 0.275. The number of pyridine rings is 1. The Labute approximate surface area is 120 Å². The number of anilines is 2. The second-order valence-electron chi connectivity index (χ2n) is 4.30. The van der Waals surface area contributed by atoms with Gasteiger partial charge in [-0.3, -0.25) is 8.42 Å². The minimum Gasteiger partial charge on any atom is -0.759 e. The van der Waals surface area contributed by atoms with Crippen molar-refractivity contribution in [2.45, 2.75) is 0 Å². The number of benzene rings is 2. The monoisotopic (exact) mass is 305 g/mol. The van der Waals surface area contributed by atoms with E-state index in [0.717, 1.165) is 33.2 Å². The van der Waals surface area contributed by atoms with Gasteiger partial charge in [0.2, 0.25) is 0 Å². The third-order valence-electron chi connectivity index (χ3n) is 2.66. The zero-order chi connectivity index (χ0) is 15.6. The third-order valence-corrected chi connectivity index (χ3v) is 2.66. The number of nitrogens with two attached hydrogens (primary N) is 2. The number of nitrogen functional groups attached to an aromatic ring is 2. The maximum Gasteiger partial charge on any atom is 0.0730 e. The van der Waals surface area contributed by atoms with Gasteiger partial charge in [-0.1, -0.05) is 12.1 Å². The van der Waals surface area contributed by atoms with E-state index >= 15 is 0 Å². The fourth-order valence-corrected chi connectivity index (χ4v) is 1.86. The number of nitrogens with zero attached hydrogens (tertiary/aromatic N) is 1. The van der Waals surface area contributed by atoms with Crippen molar-refractivity contribution in [3.8, 4) is 0 Å². The summed E-state index contributed by atoms with van der Waals surface area (Å²) in [6.45, 7) is 0. The highest BCUT2D eigenvalue weighted by molar-refractivity contribution is 7.79. The molecule has 8 heteroatoms. The molecule has 4 N–H and O–H groups in total. The maximum atomic E-state index is 8.52. The van der Waals surface area contributed by atoms with Crippen molar-refractivity contribution in [1.29, 1.82) is 0 Å². The lowest BCUT2D eigenvalue weighted by Gasteiger charge is -2.06. The van der Waals surface area contributed by atoms with Gasteiger partial charge in [-0.05, 0) is 30.3 Å². The molecular weight excluding hydrogens is 294 g/mol. The fraction of sp³-hybridized carbons (Fsp3) is 0. The molecule has 0 aliphatic heterocycles. The van der Waals surface area contributed by atoms with Crippen LogP contribution in [0.3, 0.4) is 0 Å². The highest BCUT2D eigenvalue weighted by Gasteiger charge is 2.00. The van der Waals surface area contributed by atoms with Crippen LogP contribution in [0.25, 0.3) is 21.8 Å². The van der Waals surface area contributed by atoms with E-state index < -0.39 is 10.4 Å². The van der Waals surface area contributed by atoms with Crippen LogP contribution in [0.15, 0.2) is 42.5 Å². The highest BCUT2D eigenvalue weighted by Crippen LogP contribution is 2.22. The van der Waals surface area contributed by atoms with Crippen LogP contribution >= 0.6 is 0 Å². The molecule has 0 fully saturated rings. The number of fused-ring (bicyclic) bond motifs is 2. The van der Waals surface area contributed by atoms with Gasteiger partial charge in [0.15, 0.2) is 0 Å². The van der Waals surface area contributed by atoms with E-state index in [9.17, 15) is 0 Å². The summed E-state index contributed by atoms with van der Waals surface area (Å²) in [7, 11) is -5.17. The molecule has 1 aromatic heterocycles. The molecule has 0 radical (unpaired) electrons. The van der Waals surface area contributed by atoms with Crippen LogP contribution in [0.4, 0.5) is 11.4 Å². The van der Waals surface area contributed by atoms with Gasteiger partial charge >= 0.3 is 0 Å². The Hall–Kier alpha value is -2.42. The van der Waals surface area contributed by atoms with Crippen LogP contribution in [-0.2, 0) is 10.4 Å². The van der Waals surface area contributed by atoms with Crippen molar-refractivity contribution in [2.24, 2.45) is 0 Å². The summed E-state index contributed by atoms with van der Waals surface area (Å²) in [5.74, 6) is 0. The Balaban J connectivity index is 0.000000282. The summed E-state index contributed by atoms with van der Waals surface area (Å²) in [6, 6.07) is 13.6. The SMILES string of the molecule is Nc1ccc2cc3ccc(N)cc3nc2c1.O=S(=O)([O-])[O-]. The lowest BCUT2D eigenvalue weighted by Crippen LogP contribution is -1.91. The van der Waals surface area contributed by atoms with Crippen LogP contribution in [-0.4, -0.2) is 22.5 Å². The minimum atomic E-state index is -5.17. The van der Waals surface area contributed by atoms with E-state index in [4.69, 9.17) is 29.0 Å². The van der Waals surface area contributed by atoms with E-state index in [2.05, 4.69) is 11.1 Å². The Morgan fingerprint density at radius 3 is 1.57 bits per heavy atom. The largest absolute Gasteiger partial charge is 0.759 e. The molecule has 0 saturated heterocycles. The first-order valence-electron chi connectivity index (χ1n) is 5.74. The average molecular weight is 305 g/mol. The lowest BCUT2D eigenvalue weighted by atomic mass is 10.1. The van der Waals surface area contributed by atoms with Crippen molar-refractivity contribution in [1.82, 2.24) is 4.98 Å². The summed E-state index contributed by atoms with van der Waals surface area (Å²) in [5.41, 5.74) is 14.7. The minimum absolute atomic E-state index is 0.725. The first-order chi connectivity index (χ1) is 9.72. The number of hydrogen-bond acceptors (Lipinski definition) is 7. The molecule has 3 aromatic rings. The van der Waals surface area contributed by atoms with Crippen LogP contribution in [0.1, 0.15) is 0 Å². The lowest BCUT2D eigenvalue weighted by molar-refractivity contribution is 0.352. The fourth-order valence-electron chi connectivity index (χ4n) is 1.86. The van der Waals surface area contributed by atoms with E-state index in [1.165, 1.54) is 0 Å². The topological polar surface area (TPSA) is 145 Å². The molecule has 110 valence electrons. The molecule has 1 heterocycles. The molecule has 0 bridgehead atoms. The van der Waals surface area contributed by atoms with Crippen molar-refractivity contribution in [2.75, 3.05) is 11.5 Å². The van der Waals surface area contributed by atoms with E-state index in [1.807, 2.05) is 36.4 Å². The molecule has 0 saturated carbocycles. The molecule has 3 rings (SSSR count). The van der Waals surface area contributed by atoms with Crippen LogP contribution in [0.5, 0.6) is 0 Å². The molecule has 7 nitrogen and oxygen atoms in total. The van der Waals surface area contributed by atoms with Crippen molar-refractivity contribution >= 4 is 43.6 Å². The standard InChI is InChI=1S/C13H11N3.H2O4S/c14-10-3-1-8-5-9-2-4-11(15)7-13(9)16-12(8)6-10;1-5(2,3)4/h1-7H,14-15H2;(H2,1,2,3,4)/p-2. The van der Waals surface area contributed by atoms with Crippen LogP contribution in [0.2, 0.25) is 0 Å². The molecule has 0 aliphatic rings. The van der Waals surface area contributed by atoms with Crippen LogP contribution < -0.4 is 11.5 Å². The zero-order valence-corrected chi connectivity index (χ0v) is 11.5. The average Bonchev–Trinajstić information content (AvgIpc) is 2.34. The Morgan fingerprint density at radius 2 is 1.19 bits per heavy atom. The van der Waals surface area contributed by atoms with Gasteiger partial charge in [-0.2, -0.15) is 0 Å². The normalized spacial score (nSPS) is 11.1. The molecule has 2 aromatic carbocycles. The first-order valence-corrected chi connectivity index (χ1v) is 7.08. The van der Waals surface area contributed by atoms with Gasteiger partial charge in [0.1, 0.15) is 0 Å². The van der Waals surface area contributed by atoms with E-state index in [-0.39, 0.29) is 0 Å². The summed E-state index contributed by atoms with van der Waals surface area (Å²) in [6.07, 6.45) is 0. The number of hydrogen-bond donors (Lipinski definition) is 2. The van der Waals surface area contributed by atoms with E-state index in [0.29, 0.717) is 0 Å². The summed E-state index contributed by atoms with van der Waals surface area (Å²) in [4.78, 5) is 4.54.